The Morgan fingerprint density at radius 1 is 1.19 bits per heavy atom. The topological polar surface area (TPSA) is 74.0 Å². The van der Waals surface area contributed by atoms with Crippen LogP contribution in [0.3, 0.4) is 0 Å². The number of nitrogens with zero attached hydrogens (tertiary/aromatic N) is 2. The number of hydrogen-bond acceptors (Lipinski definition) is 5. The summed E-state index contributed by atoms with van der Waals surface area (Å²) in [5.41, 5.74) is 1.90. The molecular weight excluding hydrogens is 332 g/mol. The molecule has 0 aliphatic carbocycles. The summed E-state index contributed by atoms with van der Waals surface area (Å²) in [5, 5.41) is 11.2. The average Bonchev–Trinajstić information content (AvgIpc) is 2.60. The summed E-state index contributed by atoms with van der Waals surface area (Å²) < 4.78 is 11.1. The third kappa shape index (κ3) is 5.31. The van der Waals surface area contributed by atoms with Gasteiger partial charge in [-0.05, 0) is 54.7 Å². The van der Waals surface area contributed by atoms with E-state index in [0.717, 1.165) is 17.5 Å². The zero-order valence-electron chi connectivity index (χ0n) is 15.6. The van der Waals surface area contributed by atoms with Crippen LogP contribution in [0.4, 0.5) is 11.4 Å². The monoisotopic (exact) mass is 356 g/mol. The second-order valence-electron chi connectivity index (χ2n) is 6.45. The number of ether oxygens (including phenoxy) is 2. The molecule has 6 nitrogen and oxygen atoms in total. The van der Waals surface area contributed by atoms with E-state index in [9.17, 15) is 10.1 Å². The molecule has 0 aromatic heterocycles. The Hall–Kier alpha value is -2.89. The van der Waals surface area contributed by atoms with Crippen LogP contribution in [0.1, 0.15) is 31.4 Å². The summed E-state index contributed by atoms with van der Waals surface area (Å²) in [4.78, 5) is 15.0. The molecule has 26 heavy (non-hydrogen) atoms. The predicted molar refractivity (Wildman–Crippen MR) is 103 cm³/mol. The minimum absolute atomic E-state index is 0.0122. The van der Waals surface area contributed by atoms with Crippen LogP contribution >= 0.6 is 0 Å². The summed E-state index contributed by atoms with van der Waals surface area (Å²) in [6.07, 6.45) is 2.54. The third-order valence-corrected chi connectivity index (χ3v) is 3.82. The lowest BCUT2D eigenvalue weighted by molar-refractivity contribution is -0.384. The highest BCUT2D eigenvalue weighted by atomic mass is 16.6. The van der Waals surface area contributed by atoms with Crippen molar-refractivity contribution in [1.29, 1.82) is 0 Å². The van der Waals surface area contributed by atoms with E-state index in [1.807, 2.05) is 19.1 Å². The summed E-state index contributed by atoms with van der Waals surface area (Å²) in [6, 6.07) is 10.4. The molecule has 2 aromatic rings. The van der Waals surface area contributed by atoms with Gasteiger partial charge in [-0.1, -0.05) is 19.9 Å². The van der Waals surface area contributed by atoms with Gasteiger partial charge in [-0.15, -0.1) is 0 Å². The quantitative estimate of drug-likeness (QED) is 0.375. The van der Waals surface area contributed by atoms with Gasteiger partial charge in [-0.25, -0.2) is 4.99 Å². The molecule has 2 rings (SSSR count). The number of aliphatic imine (C=N–C) groups is 1. The van der Waals surface area contributed by atoms with Crippen molar-refractivity contribution in [2.24, 2.45) is 10.9 Å². The third-order valence-electron chi connectivity index (χ3n) is 3.82. The van der Waals surface area contributed by atoms with Gasteiger partial charge in [0, 0.05) is 12.3 Å². The molecule has 0 unspecified atom stereocenters. The maximum atomic E-state index is 11.2. The first-order valence-corrected chi connectivity index (χ1v) is 8.50. The molecular formula is C20H24N2O4. The summed E-state index contributed by atoms with van der Waals surface area (Å²) in [6.45, 7) is 6.72. The van der Waals surface area contributed by atoms with E-state index in [1.165, 1.54) is 6.07 Å². The Bertz CT molecular complexity index is 800. The number of rotatable bonds is 8. The second kappa shape index (κ2) is 8.99. The Balaban J connectivity index is 2.20. The summed E-state index contributed by atoms with van der Waals surface area (Å²) in [7, 11) is 1.58. The first-order valence-electron chi connectivity index (χ1n) is 8.50. The summed E-state index contributed by atoms with van der Waals surface area (Å²) >= 11 is 0. The maximum absolute atomic E-state index is 11.2. The first-order chi connectivity index (χ1) is 12.4. The molecule has 0 radical (unpaired) electrons. The van der Waals surface area contributed by atoms with Crippen LogP contribution < -0.4 is 9.47 Å². The Kier molecular flexibility index (Phi) is 6.72. The molecule has 0 spiro atoms. The van der Waals surface area contributed by atoms with Crippen molar-refractivity contribution in [1.82, 2.24) is 0 Å². The van der Waals surface area contributed by atoms with Gasteiger partial charge in [-0.2, -0.15) is 0 Å². The van der Waals surface area contributed by atoms with Crippen LogP contribution in [0.5, 0.6) is 11.5 Å². The van der Waals surface area contributed by atoms with Crippen molar-refractivity contribution in [3.8, 4) is 11.5 Å². The molecule has 138 valence electrons. The minimum Gasteiger partial charge on any atom is -0.493 e. The highest BCUT2D eigenvalue weighted by molar-refractivity contribution is 5.84. The number of nitro groups is 1. The first kappa shape index (κ1) is 19.4. The van der Waals surface area contributed by atoms with E-state index >= 15 is 0 Å². The van der Waals surface area contributed by atoms with Gasteiger partial charge in [-0.3, -0.25) is 10.1 Å². The second-order valence-corrected chi connectivity index (χ2v) is 6.45. The predicted octanol–water partition coefficient (Wildman–Crippen LogP) is 5.09. The molecule has 0 N–H and O–H groups in total. The zero-order chi connectivity index (χ0) is 19.1. The smallest absolute Gasteiger partial charge is 0.295 e. The van der Waals surface area contributed by atoms with E-state index in [0.29, 0.717) is 29.7 Å². The molecule has 0 saturated carbocycles. The van der Waals surface area contributed by atoms with Gasteiger partial charge in [0.2, 0.25) is 0 Å². The van der Waals surface area contributed by atoms with Gasteiger partial charge in [0.1, 0.15) is 5.69 Å². The molecule has 0 aliphatic rings. The molecule has 0 bridgehead atoms. The molecule has 0 saturated heterocycles. The van der Waals surface area contributed by atoms with Crippen molar-refractivity contribution in [2.45, 2.75) is 27.2 Å². The van der Waals surface area contributed by atoms with Crippen molar-refractivity contribution >= 4 is 17.6 Å². The van der Waals surface area contributed by atoms with Crippen LogP contribution in [0, 0.1) is 23.0 Å². The molecule has 6 heteroatoms. The van der Waals surface area contributed by atoms with Crippen molar-refractivity contribution in [3.05, 3.63) is 57.6 Å². The van der Waals surface area contributed by atoms with E-state index in [1.54, 1.807) is 31.5 Å². The zero-order valence-corrected chi connectivity index (χ0v) is 15.6. The molecule has 0 heterocycles. The largest absolute Gasteiger partial charge is 0.493 e. The number of hydrogen-bond donors (Lipinski definition) is 0. The van der Waals surface area contributed by atoms with E-state index in [-0.39, 0.29) is 5.69 Å². The lowest BCUT2D eigenvalue weighted by Crippen LogP contribution is -2.03. The van der Waals surface area contributed by atoms with Gasteiger partial charge >= 0.3 is 0 Å². The highest BCUT2D eigenvalue weighted by Gasteiger charge is 2.12. The van der Waals surface area contributed by atoms with Crippen molar-refractivity contribution in [2.75, 3.05) is 13.7 Å². The van der Waals surface area contributed by atoms with Crippen LogP contribution in [0.15, 0.2) is 41.4 Å². The fraction of sp³-hybridized carbons (Fsp3) is 0.350. The SMILES string of the molecule is COc1cc(C=Nc2ccc(C)cc2[N+](=O)[O-])ccc1OCCC(C)C. The standard InChI is InChI=1S/C20H24N2O4/c1-14(2)9-10-26-19-8-6-16(12-20(19)25-4)13-21-17-7-5-15(3)11-18(17)22(23)24/h5-8,11-14H,9-10H2,1-4H3. The Labute approximate surface area is 153 Å². The summed E-state index contributed by atoms with van der Waals surface area (Å²) in [5.74, 6) is 1.85. The number of methoxy groups -OCH3 is 1. The van der Waals surface area contributed by atoms with E-state index in [2.05, 4.69) is 18.8 Å². The molecule has 0 fully saturated rings. The number of aryl methyl sites for hydroxylation is 1. The van der Waals surface area contributed by atoms with Gasteiger partial charge in [0.05, 0.1) is 18.6 Å². The van der Waals surface area contributed by atoms with Crippen molar-refractivity contribution < 1.29 is 14.4 Å². The Morgan fingerprint density at radius 2 is 1.96 bits per heavy atom. The van der Waals surface area contributed by atoms with Crippen molar-refractivity contribution in [3.63, 3.8) is 0 Å². The van der Waals surface area contributed by atoms with Gasteiger partial charge in [0.15, 0.2) is 11.5 Å². The average molecular weight is 356 g/mol. The van der Waals surface area contributed by atoms with Gasteiger partial charge < -0.3 is 9.47 Å². The molecule has 0 aliphatic heterocycles. The lowest BCUT2D eigenvalue weighted by Gasteiger charge is -2.12. The van der Waals surface area contributed by atoms with Crippen LogP contribution in [-0.2, 0) is 0 Å². The highest BCUT2D eigenvalue weighted by Crippen LogP contribution is 2.30. The fourth-order valence-electron chi connectivity index (χ4n) is 2.32. The number of benzene rings is 2. The number of nitro benzene ring substituents is 1. The van der Waals surface area contributed by atoms with E-state index < -0.39 is 4.92 Å². The Morgan fingerprint density at radius 3 is 2.62 bits per heavy atom. The maximum Gasteiger partial charge on any atom is 0.295 e. The van der Waals surface area contributed by atoms with Crippen LogP contribution in [0.25, 0.3) is 0 Å². The fourth-order valence-corrected chi connectivity index (χ4v) is 2.32. The molecule has 0 amide bonds. The van der Waals surface area contributed by atoms with Gasteiger partial charge in [0.25, 0.3) is 5.69 Å². The minimum atomic E-state index is -0.425. The van der Waals surface area contributed by atoms with Crippen LogP contribution in [-0.4, -0.2) is 24.9 Å². The molecule has 2 aromatic carbocycles. The van der Waals surface area contributed by atoms with E-state index in [4.69, 9.17) is 9.47 Å². The lowest BCUT2D eigenvalue weighted by atomic mass is 10.1. The normalized spacial score (nSPS) is 11.1. The molecule has 0 atom stereocenters. The van der Waals surface area contributed by atoms with Crippen LogP contribution in [0.2, 0.25) is 0 Å².